The molecule has 0 N–H and O–H groups in total. The van der Waals surface area contributed by atoms with Gasteiger partial charge in [-0.2, -0.15) is 5.10 Å². The minimum Gasteiger partial charge on any atom is -0.493 e. The molecule has 2 heterocycles. The molecule has 4 nitrogen and oxygen atoms in total. The van der Waals surface area contributed by atoms with E-state index in [0.717, 1.165) is 53.0 Å². The molecule has 0 aromatic heterocycles. The van der Waals surface area contributed by atoms with Gasteiger partial charge < -0.3 is 9.47 Å². The minimum atomic E-state index is -0.383. The number of hydrogen-bond donors (Lipinski definition) is 0. The second-order valence-corrected chi connectivity index (χ2v) is 8.83. The van der Waals surface area contributed by atoms with Crippen molar-refractivity contribution in [3.63, 3.8) is 0 Å². The summed E-state index contributed by atoms with van der Waals surface area (Å²) in [5.74, 6) is 2.50. The fourth-order valence-electron chi connectivity index (χ4n) is 5.11. The number of hydrazone groups is 1. The molecule has 0 unspecified atom stereocenters. The molecule has 2 aromatic rings. The summed E-state index contributed by atoms with van der Waals surface area (Å²) in [6.07, 6.45) is 6.45. The molecule has 0 bridgehead atoms. The lowest BCUT2D eigenvalue weighted by atomic mass is 9.80. The van der Waals surface area contributed by atoms with Crippen LogP contribution in [0.2, 0.25) is 5.02 Å². The Morgan fingerprint density at radius 1 is 1.17 bits per heavy atom. The number of benzene rings is 2. The van der Waals surface area contributed by atoms with Crippen LogP contribution in [0.3, 0.4) is 0 Å². The molecule has 1 spiro atoms. The molecule has 1 saturated carbocycles. The Balaban J connectivity index is 1.57. The first-order valence-electron chi connectivity index (χ1n) is 10.6. The van der Waals surface area contributed by atoms with Crippen LogP contribution in [-0.4, -0.2) is 23.6 Å². The van der Waals surface area contributed by atoms with Gasteiger partial charge in [0.05, 0.1) is 18.9 Å². The van der Waals surface area contributed by atoms with Crippen molar-refractivity contribution in [3.8, 4) is 11.5 Å². The van der Waals surface area contributed by atoms with Crippen LogP contribution in [0, 0.1) is 5.92 Å². The van der Waals surface area contributed by atoms with E-state index in [1.165, 1.54) is 24.8 Å². The van der Waals surface area contributed by atoms with E-state index in [1.54, 1.807) is 7.11 Å². The first-order chi connectivity index (χ1) is 14.1. The molecule has 0 radical (unpaired) electrons. The second-order valence-electron chi connectivity index (χ2n) is 8.40. The molecule has 0 saturated heterocycles. The third kappa shape index (κ3) is 3.09. The number of nitrogens with zero attached hydrogens (tertiary/aromatic N) is 2. The Bertz CT molecular complexity index is 932. The fraction of sp³-hybridized carbons (Fsp3) is 0.458. The lowest BCUT2D eigenvalue weighted by Gasteiger charge is -2.50. The van der Waals surface area contributed by atoms with Crippen molar-refractivity contribution >= 4 is 17.3 Å². The van der Waals surface area contributed by atoms with Crippen LogP contribution in [0.5, 0.6) is 11.5 Å². The molecule has 5 rings (SSSR count). The van der Waals surface area contributed by atoms with Gasteiger partial charge in [0.1, 0.15) is 0 Å². The summed E-state index contributed by atoms with van der Waals surface area (Å²) < 4.78 is 12.4. The van der Waals surface area contributed by atoms with E-state index in [4.69, 9.17) is 26.2 Å². The van der Waals surface area contributed by atoms with Crippen LogP contribution in [0.15, 0.2) is 47.6 Å². The van der Waals surface area contributed by atoms with Gasteiger partial charge in [-0.15, -0.1) is 0 Å². The van der Waals surface area contributed by atoms with Crippen molar-refractivity contribution in [3.05, 3.63) is 58.6 Å². The molecular formula is C24H27ClN2O2. The highest BCUT2D eigenvalue weighted by molar-refractivity contribution is 6.30. The zero-order valence-corrected chi connectivity index (χ0v) is 17.8. The summed E-state index contributed by atoms with van der Waals surface area (Å²) in [4.78, 5) is 0. The molecule has 1 atom stereocenters. The van der Waals surface area contributed by atoms with Crippen LogP contribution >= 0.6 is 11.6 Å². The number of halogens is 1. The SMILES string of the molecule is CCC1CCC2(CC1)Oc1c(OC)cccc1[C@@H]1CC(c3ccc(Cl)cc3)=NN12. The zero-order valence-electron chi connectivity index (χ0n) is 17.0. The van der Waals surface area contributed by atoms with Gasteiger partial charge in [-0.3, -0.25) is 0 Å². The van der Waals surface area contributed by atoms with Crippen molar-refractivity contribution in [2.75, 3.05) is 7.11 Å². The van der Waals surface area contributed by atoms with E-state index in [1.807, 2.05) is 24.3 Å². The van der Waals surface area contributed by atoms with Crippen LogP contribution in [0.25, 0.3) is 0 Å². The van der Waals surface area contributed by atoms with Crippen molar-refractivity contribution in [1.29, 1.82) is 0 Å². The third-order valence-electron chi connectivity index (χ3n) is 6.85. The Morgan fingerprint density at radius 3 is 2.62 bits per heavy atom. The molecule has 2 aliphatic heterocycles. The maximum absolute atomic E-state index is 6.77. The van der Waals surface area contributed by atoms with Gasteiger partial charge in [-0.1, -0.05) is 49.2 Å². The number of para-hydroxylation sites is 1. The standard InChI is InChI=1S/C24H27ClN2O2/c1-3-16-11-13-24(14-12-16)27-21(19-5-4-6-22(28-2)23(19)29-24)15-20(26-27)17-7-9-18(25)10-8-17/h4-10,16,21H,3,11-15H2,1-2H3/t16?,21-,24?/m0/s1. The van der Waals surface area contributed by atoms with Crippen molar-refractivity contribution in [2.24, 2.45) is 11.0 Å². The topological polar surface area (TPSA) is 34.1 Å². The van der Waals surface area contributed by atoms with Gasteiger partial charge in [0.25, 0.3) is 0 Å². The van der Waals surface area contributed by atoms with E-state index in [9.17, 15) is 0 Å². The number of rotatable bonds is 3. The molecule has 3 aliphatic rings. The Morgan fingerprint density at radius 2 is 1.93 bits per heavy atom. The lowest BCUT2D eigenvalue weighted by molar-refractivity contribution is -0.147. The maximum Gasteiger partial charge on any atom is 0.198 e. The molecular weight excluding hydrogens is 384 g/mol. The Kier molecular flexibility index (Phi) is 4.70. The van der Waals surface area contributed by atoms with E-state index < -0.39 is 0 Å². The summed E-state index contributed by atoms with van der Waals surface area (Å²) in [5.41, 5.74) is 3.01. The molecule has 1 fully saturated rings. The summed E-state index contributed by atoms with van der Waals surface area (Å²) in [7, 11) is 1.72. The number of methoxy groups -OCH3 is 1. The summed E-state index contributed by atoms with van der Waals surface area (Å²) in [6, 6.07) is 14.4. The van der Waals surface area contributed by atoms with Gasteiger partial charge in [0.2, 0.25) is 0 Å². The average molecular weight is 411 g/mol. The van der Waals surface area contributed by atoms with E-state index in [0.29, 0.717) is 0 Å². The number of ether oxygens (including phenoxy) is 2. The zero-order chi connectivity index (χ0) is 20.0. The van der Waals surface area contributed by atoms with Crippen LogP contribution < -0.4 is 9.47 Å². The monoisotopic (exact) mass is 410 g/mol. The largest absolute Gasteiger partial charge is 0.493 e. The third-order valence-corrected chi connectivity index (χ3v) is 7.10. The number of fused-ring (bicyclic) bond motifs is 4. The quantitative estimate of drug-likeness (QED) is 0.605. The van der Waals surface area contributed by atoms with Gasteiger partial charge >= 0.3 is 0 Å². The highest BCUT2D eigenvalue weighted by atomic mass is 35.5. The molecule has 1 aliphatic carbocycles. The average Bonchev–Trinajstić information content (AvgIpc) is 3.21. The molecule has 29 heavy (non-hydrogen) atoms. The predicted octanol–water partition coefficient (Wildman–Crippen LogP) is 6.19. The van der Waals surface area contributed by atoms with E-state index in [-0.39, 0.29) is 11.8 Å². The van der Waals surface area contributed by atoms with Crippen LogP contribution in [0.4, 0.5) is 0 Å². The van der Waals surface area contributed by atoms with Gasteiger partial charge in [0, 0.05) is 29.8 Å². The van der Waals surface area contributed by atoms with Crippen molar-refractivity contribution < 1.29 is 9.47 Å². The number of hydrogen-bond acceptors (Lipinski definition) is 4. The highest BCUT2D eigenvalue weighted by Gasteiger charge is 2.52. The van der Waals surface area contributed by atoms with E-state index >= 15 is 0 Å². The van der Waals surface area contributed by atoms with Crippen molar-refractivity contribution in [2.45, 2.75) is 57.2 Å². The highest BCUT2D eigenvalue weighted by Crippen LogP contribution is 2.54. The Labute approximate surface area is 177 Å². The molecule has 5 heteroatoms. The predicted molar refractivity (Wildman–Crippen MR) is 116 cm³/mol. The molecule has 152 valence electrons. The van der Waals surface area contributed by atoms with Crippen LogP contribution in [0.1, 0.15) is 62.6 Å². The van der Waals surface area contributed by atoms with Gasteiger partial charge in [-0.05, 0) is 42.5 Å². The van der Waals surface area contributed by atoms with Crippen LogP contribution in [-0.2, 0) is 0 Å². The Hall–Kier alpha value is -2.20. The minimum absolute atomic E-state index is 0.178. The summed E-state index contributed by atoms with van der Waals surface area (Å²) >= 11 is 6.10. The maximum atomic E-state index is 6.77. The molecule has 0 amide bonds. The van der Waals surface area contributed by atoms with Gasteiger partial charge in [0.15, 0.2) is 17.2 Å². The van der Waals surface area contributed by atoms with Gasteiger partial charge in [-0.25, -0.2) is 5.01 Å². The first-order valence-corrected chi connectivity index (χ1v) is 11.0. The first kappa shape index (κ1) is 18.8. The van der Waals surface area contributed by atoms with Crippen molar-refractivity contribution in [1.82, 2.24) is 5.01 Å². The normalized spacial score (nSPS) is 27.8. The smallest absolute Gasteiger partial charge is 0.198 e. The molecule has 2 aromatic carbocycles. The fourth-order valence-corrected chi connectivity index (χ4v) is 5.24. The lowest BCUT2D eigenvalue weighted by Crippen LogP contribution is -2.55. The van der Waals surface area contributed by atoms with E-state index in [2.05, 4.69) is 30.1 Å². The summed E-state index contributed by atoms with van der Waals surface area (Å²) in [5, 5.41) is 8.15. The summed E-state index contributed by atoms with van der Waals surface area (Å²) in [6.45, 7) is 2.29. The second kappa shape index (κ2) is 7.24.